The number of hydrazine groups is 1. The van der Waals surface area contributed by atoms with Crippen molar-refractivity contribution in [2.45, 2.75) is 50.9 Å². The molecule has 16 heavy (non-hydrogen) atoms. The van der Waals surface area contributed by atoms with Gasteiger partial charge in [-0.3, -0.25) is 15.1 Å². The first-order valence-corrected chi connectivity index (χ1v) is 6.10. The van der Waals surface area contributed by atoms with Gasteiger partial charge in [0, 0.05) is 12.6 Å². The summed E-state index contributed by atoms with van der Waals surface area (Å²) >= 11 is 0. The van der Waals surface area contributed by atoms with Crippen molar-refractivity contribution < 1.29 is 9.53 Å². The maximum atomic E-state index is 11.3. The average molecular weight is 227 g/mol. The largest absolute Gasteiger partial charge is 0.364 e. The molecule has 0 saturated carbocycles. The zero-order valence-corrected chi connectivity index (χ0v) is 9.82. The lowest BCUT2D eigenvalue weighted by Gasteiger charge is -2.24. The number of carbonyl (C=O) groups is 1. The number of hydrogen-bond acceptors (Lipinski definition) is 4. The fourth-order valence-electron chi connectivity index (χ4n) is 2.65. The van der Waals surface area contributed by atoms with Crippen LogP contribution in [0.3, 0.4) is 0 Å². The van der Waals surface area contributed by atoms with Gasteiger partial charge in [0.2, 0.25) is 0 Å². The van der Waals surface area contributed by atoms with Gasteiger partial charge < -0.3 is 4.74 Å². The Kier molecular flexibility index (Phi) is 3.78. The molecular weight excluding hydrogens is 206 g/mol. The molecule has 0 aromatic heterocycles. The van der Waals surface area contributed by atoms with Gasteiger partial charge >= 0.3 is 0 Å². The van der Waals surface area contributed by atoms with Crippen LogP contribution in [0.4, 0.5) is 0 Å². The monoisotopic (exact) mass is 227 g/mol. The molecule has 2 rings (SSSR count). The molecule has 5 heteroatoms. The molecule has 3 atom stereocenters. The van der Waals surface area contributed by atoms with Crippen molar-refractivity contribution in [3.8, 4) is 0 Å². The Balaban J connectivity index is 1.78. The summed E-state index contributed by atoms with van der Waals surface area (Å²) in [7, 11) is 0. The van der Waals surface area contributed by atoms with Gasteiger partial charge in [0.05, 0.1) is 6.10 Å². The lowest BCUT2D eigenvalue weighted by atomic mass is 10.1. The third kappa shape index (κ3) is 2.53. The van der Waals surface area contributed by atoms with Crippen LogP contribution in [0.25, 0.3) is 0 Å². The van der Waals surface area contributed by atoms with E-state index in [0.717, 1.165) is 25.9 Å². The summed E-state index contributed by atoms with van der Waals surface area (Å²) in [5.74, 6) is 4.90. The van der Waals surface area contributed by atoms with Crippen LogP contribution in [0.5, 0.6) is 0 Å². The van der Waals surface area contributed by atoms with Crippen LogP contribution in [0.2, 0.25) is 0 Å². The summed E-state index contributed by atoms with van der Waals surface area (Å²) in [6, 6.07) is 0.658. The Bertz CT molecular complexity index is 260. The molecule has 3 N–H and O–H groups in total. The maximum absolute atomic E-state index is 11.3. The normalized spacial score (nSPS) is 35.5. The van der Waals surface area contributed by atoms with Crippen LogP contribution in [0.15, 0.2) is 0 Å². The number of amides is 1. The molecule has 0 radical (unpaired) electrons. The third-order valence-electron chi connectivity index (χ3n) is 3.67. The minimum atomic E-state index is -0.340. The summed E-state index contributed by atoms with van der Waals surface area (Å²) in [6.45, 7) is 4.37. The lowest BCUT2D eigenvalue weighted by molar-refractivity contribution is -0.132. The van der Waals surface area contributed by atoms with Gasteiger partial charge in [-0.05, 0) is 39.2 Å². The summed E-state index contributed by atoms with van der Waals surface area (Å²) in [5.41, 5.74) is 2.15. The fraction of sp³-hybridized carbons (Fsp3) is 0.909. The minimum Gasteiger partial charge on any atom is -0.364 e. The number of carbonyl (C=O) groups excluding carboxylic acids is 1. The number of ether oxygens (including phenoxy) is 1. The molecule has 0 aliphatic carbocycles. The van der Waals surface area contributed by atoms with Crippen LogP contribution in [0.1, 0.15) is 32.6 Å². The van der Waals surface area contributed by atoms with E-state index in [1.165, 1.54) is 12.8 Å². The molecule has 1 amide bonds. The van der Waals surface area contributed by atoms with Crippen molar-refractivity contribution in [1.82, 2.24) is 10.3 Å². The second-order valence-corrected chi connectivity index (χ2v) is 4.82. The van der Waals surface area contributed by atoms with E-state index >= 15 is 0 Å². The summed E-state index contributed by atoms with van der Waals surface area (Å²) in [6.07, 6.45) is 4.16. The smallest absolute Gasteiger partial charge is 0.263 e. The van der Waals surface area contributed by atoms with Gasteiger partial charge in [-0.2, -0.15) is 0 Å². The highest BCUT2D eigenvalue weighted by Gasteiger charge is 2.32. The molecule has 0 aromatic carbocycles. The topological polar surface area (TPSA) is 67.6 Å². The quantitative estimate of drug-likeness (QED) is 0.405. The summed E-state index contributed by atoms with van der Waals surface area (Å²) < 4.78 is 5.69. The number of nitrogens with zero attached hydrogens (tertiary/aromatic N) is 1. The standard InChI is InChI=1S/C11H21N3O2/c1-8-3-2-6-14(8)7-9-4-5-10(16-9)11(15)13-12/h8-10H,2-7,12H2,1H3,(H,13,15). The number of nitrogens with two attached hydrogens (primary N) is 1. The SMILES string of the molecule is CC1CCCN1CC1CCC(C(=O)NN)O1. The third-order valence-corrected chi connectivity index (χ3v) is 3.67. The van der Waals surface area contributed by atoms with Gasteiger partial charge in [-0.25, -0.2) is 5.84 Å². The number of nitrogens with one attached hydrogen (secondary N) is 1. The molecule has 2 saturated heterocycles. The van der Waals surface area contributed by atoms with E-state index in [0.29, 0.717) is 6.04 Å². The molecule has 0 spiro atoms. The van der Waals surface area contributed by atoms with Gasteiger partial charge in [0.25, 0.3) is 5.91 Å². The molecule has 2 aliphatic heterocycles. The highest BCUT2D eigenvalue weighted by molar-refractivity contribution is 5.80. The molecule has 0 aromatic rings. The zero-order valence-electron chi connectivity index (χ0n) is 9.82. The Morgan fingerprint density at radius 2 is 2.31 bits per heavy atom. The molecule has 2 heterocycles. The first-order valence-electron chi connectivity index (χ1n) is 6.10. The average Bonchev–Trinajstić information content (AvgIpc) is 2.89. The Labute approximate surface area is 96.3 Å². The van der Waals surface area contributed by atoms with Crippen LogP contribution in [-0.4, -0.2) is 42.1 Å². The number of likely N-dealkylation sites (tertiary alicyclic amines) is 1. The Morgan fingerprint density at radius 3 is 2.94 bits per heavy atom. The molecular formula is C11H21N3O2. The van der Waals surface area contributed by atoms with Gasteiger partial charge in [-0.15, -0.1) is 0 Å². The molecule has 0 bridgehead atoms. The summed E-state index contributed by atoms with van der Waals surface area (Å²) in [5, 5.41) is 0. The van der Waals surface area contributed by atoms with Crippen LogP contribution >= 0.6 is 0 Å². The van der Waals surface area contributed by atoms with Crippen molar-refractivity contribution in [2.75, 3.05) is 13.1 Å². The van der Waals surface area contributed by atoms with Gasteiger partial charge in [0.1, 0.15) is 6.10 Å². The van der Waals surface area contributed by atoms with Crippen LogP contribution in [-0.2, 0) is 9.53 Å². The Morgan fingerprint density at radius 1 is 1.50 bits per heavy atom. The second kappa shape index (κ2) is 5.12. The molecule has 5 nitrogen and oxygen atoms in total. The van der Waals surface area contributed by atoms with Crippen molar-refractivity contribution in [3.63, 3.8) is 0 Å². The predicted octanol–water partition coefficient (Wildman–Crippen LogP) is 0.00820. The van der Waals surface area contributed by atoms with E-state index in [2.05, 4.69) is 17.2 Å². The molecule has 92 valence electrons. The molecule has 2 fully saturated rings. The Hall–Kier alpha value is -0.650. The maximum Gasteiger partial charge on any atom is 0.263 e. The minimum absolute atomic E-state index is 0.197. The zero-order chi connectivity index (χ0) is 11.5. The second-order valence-electron chi connectivity index (χ2n) is 4.82. The van der Waals surface area contributed by atoms with Gasteiger partial charge in [0.15, 0.2) is 0 Å². The fourth-order valence-corrected chi connectivity index (χ4v) is 2.65. The van der Waals surface area contributed by atoms with Gasteiger partial charge in [-0.1, -0.05) is 0 Å². The first kappa shape index (κ1) is 11.8. The molecule has 2 aliphatic rings. The van der Waals surface area contributed by atoms with E-state index in [4.69, 9.17) is 10.6 Å². The number of hydrogen-bond donors (Lipinski definition) is 2. The van der Waals surface area contributed by atoms with E-state index in [-0.39, 0.29) is 18.1 Å². The van der Waals surface area contributed by atoms with Crippen molar-refractivity contribution in [1.29, 1.82) is 0 Å². The predicted molar refractivity (Wildman–Crippen MR) is 60.5 cm³/mol. The van der Waals surface area contributed by atoms with Crippen molar-refractivity contribution in [2.24, 2.45) is 5.84 Å². The van der Waals surface area contributed by atoms with Crippen molar-refractivity contribution in [3.05, 3.63) is 0 Å². The highest BCUT2D eigenvalue weighted by Crippen LogP contribution is 2.24. The molecule has 3 unspecified atom stereocenters. The summed E-state index contributed by atoms with van der Waals surface area (Å²) in [4.78, 5) is 13.7. The van der Waals surface area contributed by atoms with Crippen LogP contribution in [0, 0.1) is 0 Å². The van der Waals surface area contributed by atoms with E-state index in [1.54, 1.807) is 0 Å². The van der Waals surface area contributed by atoms with E-state index < -0.39 is 0 Å². The van der Waals surface area contributed by atoms with E-state index in [1.807, 2.05) is 0 Å². The lowest BCUT2D eigenvalue weighted by Crippen LogP contribution is -2.40. The van der Waals surface area contributed by atoms with Crippen LogP contribution < -0.4 is 11.3 Å². The highest BCUT2D eigenvalue weighted by atomic mass is 16.5. The van der Waals surface area contributed by atoms with E-state index in [9.17, 15) is 4.79 Å². The first-order chi connectivity index (χ1) is 7.70. The van der Waals surface area contributed by atoms with Crippen molar-refractivity contribution >= 4 is 5.91 Å². The number of rotatable bonds is 3.